The van der Waals surface area contributed by atoms with Gasteiger partial charge in [-0.1, -0.05) is 44.2 Å². The Labute approximate surface area is 206 Å². The Hall–Kier alpha value is -3.39. The smallest absolute Gasteiger partial charge is 0.356 e. The van der Waals surface area contributed by atoms with E-state index in [2.05, 4.69) is 36.6 Å². The fourth-order valence-electron chi connectivity index (χ4n) is 4.37. The maximum absolute atomic E-state index is 13.0. The number of hydrogen-bond acceptors (Lipinski definition) is 6. The highest BCUT2D eigenvalue weighted by Crippen LogP contribution is 2.33. The molecular weight excluding hydrogens is 444 g/mol. The quantitative estimate of drug-likeness (QED) is 0.412. The molecule has 2 N–H and O–H groups in total. The van der Waals surface area contributed by atoms with Gasteiger partial charge in [0.2, 0.25) is 0 Å². The molecule has 1 amide bonds. The van der Waals surface area contributed by atoms with Crippen molar-refractivity contribution < 1.29 is 19.1 Å². The number of benzene rings is 1. The Balaban J connectivity index is 1.72. The average molecular weight is 479 g/mol. The van der Waals surface area contributed by atoms with Crippen molar-refractivity contribution in [2.75, 3.05) is 30.9 Å². The molecule has 1 fully saturated rings. The van der Waals surface area contributed by atoms with Gasteiger partial charge < -0.3 is 24.7 Å². The Morgan fingerprint density at radius 1 is 1.26 bits per heavy atom. The largest absolute Gasteiger partial charge is 0.464 e. The highest BCUT2D eigenvalue weighted by Gasteiger charge is 2.30. The lowest BCUT2D eigenvalue weighted by Crippen LogP contribution is -2.28. The second-order valence-electron chi connectivity index (χ2n) is 9.32. The molecule has 1 aliphatic heterocycles. The maximum atomic E-state index is 13.0. The number of hydrogen-bond donors (Lipinski definition) is 2. The SMILES string of the molecule is COC(=O)c1c(NC(=O)C2CCCO2)c2cc(NCC(C)C)cnc2n1CCCc1ccccc1. The zero-order valence-corrected chi connectivity index (χ0v) is 20.7. The Kier molecular flexibility index (Phi) is 8.02. The number of rotatable bonds is 10. The van der Waals surface area contributed by atoms with E-state index in [1.807, 2.05) is 28.8 Å². The van der Waals surface area contributed by atoms with E-state index in [4.69, 9.17) is 14.5 Å². The van der Waals surface area contributed by atoms with Gasteiger partial charge in [-0.15, -0.1) is 0 Å². The molecule has 1 saturated heterocycles. The van der Waals surface area contributed by atoms with E-state index < -0.39 is 12.1 Å². The summed E-state index contributed by atoms with van der Waals surface area (Å²) in [7, 11) is 1.35. The Morgan fingerprint density at radius 2 is 2.06 bits per heavy atom. The topological polar surface area (TPSA) is 94.5 Å². The number of ether oxygens (including phenoxy) is 2. The molecule has 1 aromatic carbocycles. The maximum Gasteiger partial charge on any atom is 0.356 e. The van der Waals surface area contributed by atoms with Crippen LogP contribution in [-0.4, -0.2) is 47.8 Å². The number of anilines is 2. The van der Waals surface area contributed by atoms with Crippen molar-refractivity contribution in [2.45, 2.75) is 52.2 Å². The summed E-state index contributed by atoms with van der Waals surface area (Å²) in [6.45, 7) is 6.16. The average Bonchev–Trinajstić information content (AvgIpc) is 3.50. The van der Waals surface area contributed by atoms with Crippen molar-refractivity contribution in [2.24, 2.45) is 5.92 Å². The van der Waals surface area contributed by atoms with E-state index in [1.54, 1.807) is 6.20 Å². The summed E-state index contributed by atoms with van der Waals surface area (Å²) in [5.41, 5.74) is 3.42. The summed E-state index contributed by atoms with van der Waals surface area (Å²) in [6.07, 6.45) is 4.40. The normalized spacial score (nSPS) is 15.5. The molecule has 0 aliphatic carbocycles. The van der Waals surface area contributed by atoms with Crippen molar-refractivity contribution >= 4 is 34.3 Å². The summed E-state index contributed by atoms with van der Waals surface area (Å²) in [5, 5.41) is 7.06. The van der Waals surface area contributed by atoms with Gasteiger partial charge in [-0.25, -0.2) is 9.78 Å². The highest BCUT2D eigenvalue weighted by atomic mass is 16.5. The third-order valence-corrected chi connectivity index (χ3v) is 6.15. The van der Waals surface area contributed by atoms with E-state index >= 15 is 0 Å². The van der Waals surface area contributed by atoms with Crippen molar-refractivity contribution in [1.29, 1.82) is 0 Å². The molecule has 0 spiro atoms. The number of amides is 1. The summed E-state index contributed by atoms with van der Waals surface area (Å²) < 4.78 is 12.6. The molecule has 186 valence electrons. The van der Waals surface area contributed by atoms with Crippen molar-refractivity contribution in [3.63, 3.8) is 0 Å². The second-order valence-corrected chi connectivity index (χ2v) is 9.32. The zero-order chi connectivity index (χ0) is 24.8. The minimum atomic E-state index is -0.521. The van der Waals surface area contributed by atoms with Gasteiger partial charge in [0.1, 0.15) is 11.8 Å². The van der Waals surface area contributed by atoms with Gasteiger partial charge in [-0.2, -0.15) is 0 Å². The molecule has 1 atom stereocenters. The molecule has 0 bridgehead atoms. The van der Waals surface area contributed by atoms with Gasteiger partial charge in [0, 0.05) is 25.1 Å². The number of nitrogens with zero attached hydrogens (tertiary/aromatic N) is 2. The van der Waals surface area contributed by atoms with E-state index in [0.29, 0.717) is 47.9 Å². The third-order valence-electron chi connectivity index (χ3n) is 6.15. The molecular formula is C27H34N4O4. The van der Waals surface area contributed by atoms with Crippen LogP contribution in [0.3, 0.4) is 0 Å². The van der Waals surface area contributed by atoms with Crippen LogP contribution in [0.2, 0.25) is 0 Å². The van der Waals surface area contributed by atoms with Crippen LogP contribution in [0.5, 0.6) is 0 Å². The first-order chi connectivity index (χ1) is 17.0. The predicted molar refractivity (Wildman–Crippen MR) is 137 cm³/mol. The number of aryl methyl sites for hydroxylation is 2. The number of aromatic nitrogens is 2. The van der Waals surface area contributed by atoms with Crippen molar-refractivity contribution in [3.05, 3.63) is 53.9 Å². The molecule has 0 radical (unpaired) electrons. The minimum Gasteiger partial charge on any atom is -0.464 e. The molecule has 1 unspecified atom stereocenters. The third kappa shape index (κ3) is 5.82. The molecule has 4 rings (SSSR count). The summed E-state index contributed by atoms with van der Waals surface area (Å²) >= 11 is 0. The van der Waals surface area contributed by atoms with Gasteiger partial charge in [-0.3, -0.25) is 4.79 Å². The van der Waals surface area contributed by atoms with Crippen molar-refractivity contribution in [3.8, 4) is 0 Å². The van der Waals surface area contributed by atoms with E-state index in [9.17, 15) is 9.59 Å². The summed E-state index contributed by atoms with van der Waals surface area (Å²) in [4.78, 5) is 30.7. The number of methoxy groups -OCH3 is 1. The number of carbonyl (C=O) groups excluding carboxylic acids is 2. The molecule has 35 heavy (non-hydrogen) atoms. The van der Waals surface area contributed by atoms with Gasteiger partial charge in [0.25, 0.3) is 5.91 Å². The van der Waals surface area contributed by atoms with Crippen LogP contribution >= 0.6 is 0 Å². The molecule has 3 aromatic rings. The monoisotopic (exact) mass is 478 g/mol. The summed E-state index contributed by atoms with van der Waals surface area (Å²) in [5.74, 6) is -0.309. The molecule has 2 aromatic heterocycles. The van der Waals surface area contributed by atoms with Crippen LogP contribution < -0.4 is 10.6 Å². The first-order valence-corrected chi connectivity index (χ1v) is 12.3. The molecule has 8 heteroatoms. The number of nitrogens with one attached hydrogen (secondary N) is 2. The van der Waals surface area contributed by atoms with Crippen LogP contribution in [-0.2, 0) is 27.2 Å². The van der Waals surface area contributed by atoms with Crippen LogP contribution in [0.15, 0.2) is 42.6 Å². The number of esters is 1. The van der Waals surface area contributed by atoms with Gasteiger partial charge in [0.15, 0.2) is 5.69 Å². The fraction of sp³-hybridized carbons (Fsp3) is 0.444. The number of carbonyl (C=O) groups is 2. The fourth-order valence-corrected chi connectivity index (χ4v) is 4.37. The lowest BCUT2D eigenvalue weighted by atomic mass is 10.1. The van der Waals surface area contributed by atoms with Gasteiger partial charge in [0.05, 0.1) is 24.7 Å². The van der Waals surface area contributed by atoms with Gasteiger partial charge in [-0.05, 0) is 43.2 Å². The summed E-state index contributed by atoms with van der Waals surface area (Å²) in [6, 6.07) is 12.2. The zero-order valence-electron chi connectivity index (χ0n) is 20.7. The van der Waals surface area contributed by atoms with Crippen LogP contribution in [0.4, 0.5) is 11.4 Å². The molecule has 3 heterocycles. The van der Waals surface area contributed by atoms with E-state index in [1.165, 1.54) is 12.7 Å². The second kappa shape index (κ2) is 11.4. The number of fused-ring (bicyclic) bond motifs is 1. The van der Waals surface area contributed by atoms with Crippen LogP contribution in [0, 0.1) is 5.92 Å². The first-order valence-electron chi connectivity index (χ1n) is 12.3. The van der Waals surface area contributed by atoms with Gasteiger partial charge >= 0.3 is 5.97 Å². The molecule has 8 nitrogen and oxygen atoms in total. The van der Waals surface area contributed by atoms with Crippen molar-refractivity contribution in [1.82, 2.24) is 9.55 Å². The minimum absolute atomic E-state index is 0.253. The van der Waals surface area contributed by atoms with Crippen LogP contribution in [0.25, 0.3) is 11.0 Å². The Bertz CT molecular complexity index is 1170. The lowest BCUT2D eigenvalue weighted by Gasteiger charge is -2.13. The van der Waals surface area contributed by atoms with E-state index in [0.717, 1.165) is 31.5 Å². The predicted octanol–water partition coefficient (Wildman–Crippen LogP) is 4.64. The Morgan fingerprint density at radius 3 is 2.74 bits per heavy atom. The molecule has 0 saturated carbocycles. The first kappa shape index (κ1) is 24.7. The standard InChI is InChI=1S/C27H34N4O4/c1-18(2)16-28-20-15-21-23(30-26(32)22-12-8-14-35-22)24(27(33)34-3)31(25(21)29-17-20)13-7-11-19-9-5-4-6-10-19/h4-6,9-10,15,17-18,22,28H,7-8,11-14,16H2,1-3H3,(H,30,32). The van der Waals surface area contributed by atoms with Crippen LogP contribution in [0.1, 0.15) is 49.2 Å². The van der Waals surface area contributed by atoms with E-state index in [-0.39, 0.29) is 5.91 Å². The molecule has 1 aliphatic rings. The lowest BCUT2D eigenvalue weighted by molar-refractivity contribution is -0.124. The number of pyridine rings is 1. The highest BCUT2D eigenvalue weighted by molar-refractivity contribution is 6.12.